The van der Waals surface area contributed by atoms with Crippen molar-refractivity contribution in [1.82, 2.24) is 0 Å². The Morgan fingerprint density at radius 2 is 1.68 bits per heavy atom. The third-order valence-corrected chi connectivity index (χ3v) is 3.09. The van der Waals surface area contributed by atoms with Crippen LogP contribution in [0.15, 0.2) is 48.5 Å². The molecular formula is C15H11ClF2O. The van der Waals surface area contributed by atoms with Gasteiger partial charge in [0.1, 0.15) is 0 Å². The van der Waals surface area contributed by atoms with Gasteiger partial charge in [0.05, 0.1) is 0 Å². The van der Waals surface area contributed by atoms with Gasteiger partial charge in [-0.15, -0.1) is 0 Å². The highest BCUT2D eigenvalue weighted by Gasteiger charge is 2.37. The first-order valence-electron chi connectivity index (χ1n) is 5.68. The van der Waals surface area contributed by atoms with Gasteiger partial charge >= 0.3 is 5.38 Å². The zero-order chi connectivity index (χ0) is 14.0. The van der Waals surface area contributed by atoms with E-state index in [2.05, 4.69) is 0 Å². The van der Waals surface area contributed by atoms with Gasteiger partial charge in [-0.2, -0.15) is 8.78 Å². The number of hydrogen-bond donors (Lipinski definition) is 0. The van der Waals surface area contributed by atoms with Crippen molar-refractivity contribution in [2.75, 3.05) is 0 Å². The number of halogens is 3. The molecule has 2 aromatic carbocycles. The number of carbonyl (C=O) groups is 1. The molecule has 0 spiro atoms. The number of hydrogen-bond acceptors (Lipinski definition) is 1. The van der Waals surface area contributed by atoms with Crippen LogP contribution in [0.2, 0.25) is 0 Å². The van der Waals surface area contributed by atoms with E-state index >= 15 is 0 Å². The Balaban J connectivity index is 2.54. The standard InChI is InChI=1S/C15H11ClF2O/c1-10-12(11-6-3-2-4-7-11)8-5-9-13(10)14(19)15(16,17)18/h2-9H,1H3. The molecule has 0 aliphatic carbocycles. The average molecular weight is 281 g/mol. The molecule has 0 aliphatic heterocycles. The van der Waals surface area contributed by atoms with Crippen LogP contribution in [0.3, 0.4) is 0 Å². The quantitative estimate of drug-likeness (QED) is 0.589. The summed E-state index contributed by atoms with van der Waals surface area (Å²) in [5, 5.41) is -3.87. The lowest BCUT2D eigenvalue weighted by molar-refractivity contribution is 0.0535. The molecule has 0 fully saturated rings. The lowest BCUT2D eigenvalue weighted by atomic mass is 9.94. The number of carbonyl (C=O) groups excluding carboxylic acids is 1. The van der Waals surface area contributed by atoms with Gasteiger partial charge in [-0.3, -0.25) is 4.79 Å². The van der Waals surface area contributed by atoms with Crippen LogP contribution in [0, 0.1) is 6.92 Å². The topological polar surface area (TPSA) is 17.1 Å². The maximum atomic E-state index is 12.9. The van der Waals surface area contributed by atoms with Gasteiger partial charge in [0.15, 0.2) is 0 Å². The molecule has 1 nitrogen and oxygen atoms in total. The molecular weight excluding hydrogens is 270 g/mol. The summed E-state index contributed by atoms with van der Waals surface area (Å²) in [6, 6.07) is 14.0. The minimum absolute atomic E-state index is 0.0543. The molecule has 0 bridgehead atoms. The van der Waals surface area contributed by atoms with E-state index < -0.39 is 11.2 Å². The van der Waals surface area contributed by atoms with Crippen molar-refractivity contribution >= 4 is 17.4 Å². The summed E-state index contributed by atoms with van der Waals surface area (Å²) in [6.45, 7) is 1.64. The number of Topliss-reactive ketones (excluding diaryl/α,β-unsaturated/α-hetero) is 1. The first kappa shape index (κ1) is 13.7. The summed E-state index contributed by atoms with van der Waals surface area (Å²) in [5.74, 6) is -1.37. The molecule has 0 saturated heterocycles. The Morgan fingerprint density at radius 1 is 1.05 bits per heavy atom. The molecule has 0 aromatic heterocycles. The fourth-order valence-electron chi connectivity index (χ4n) is 1.96. The largest absolute Gasteiger partial charge is 0.384 e. The van der Waals surface area contributed by atoms with Crippen LogP contribution < -0.4 is 0 Å². The monoisotopic (exact) mass is 280 g/mol. The summed E-state index contributed by atoms with van der Waals surface area (Å²) >= 11 is 4.81. The predicted octanol–water partition coefficient (Wildman–Crippen LogP) is 4.68. The second-order valence-electron chi connectivity index (χ2n) is 4.17. The highest BCUT2D eigenvalue weighted by atomic mass is 35.5. The fourth-order valence-corrected chi connectivity index (χ4v) is 2.07. The van der Waals surface area contributed by atoms with Crippen LogP contribution in [0.1, 0.15) is 15.9 Å². The zero-order valence-electron chi connectivity index (χ0n) is 10.2. The summed E-state index contributed by atoms with van der Waals surface area (Å²) in [4.78, 5) is 11.6. The highest BCUT2D eigenvalue weighted by Crippen LogP contribution is 2.30. The number of rotatable bonds is 3. The molecule has 2 aromatic rings. The Kier molecular flexibility index (Phi) is 3.67. The molecule has 0 heterocycles. The number of ketones is 1. The van der Waals surface area contributed by atoms with Crippen molar-refractivity contribution in [3.63, 3.8) is 0 Å². The van der Waals surface area contributed by atoms with Crippen molar-refractivity contribution < 1.29 is 13.6 Å². The van der Waals surface area contributed by atoms with Crippen LogP contribution in [-0.4, -0.2) is 11.2 Å². The summed E-state index contributed by atoms with van der Waals surface area (Å²) < 4.78 is 25.9. The van der Waals surface area contributed by atoms with Gasteiger partial charge in [-0.1, -0.05) is 48.5 Å². The first-order chi connectivity index (χ1) is 8.91. The molecule has 2 rings (SSSR count). The third kappa shape index (κ3) is 2.82. The minimum atomic E-state index is -3.87. The van der Waals surface area contributed by atoms with E-state index in [1.165, 1.54) is 6.07 Å². The molecule has 0 N–H and O–H groups in total. The van der Waals surface area contributed by atoms with Crippen LogP contribution in [0.25, 0.3) is 11.1 Å². The average Bonchev–Trinajstić information content (AvgIpc) is 2.38. The van der Waals surface area contributed by atoms with Crippen LogP contribution in [-0.2, 0) is 0 Å². The zero-order valence-corrected chi connectivity index (χ0v) is 10.9. The second kappa shape index (κ2) is 5.10. The van der Waals surface area contributed by atoms with Crippen LogP contribution in [0.4, 0.5) is 8.78 Å². The number of benzene rings is 2. The van der Waals surface area contributed by atoms with Gasteiger partial charge in [0.2, 0.25) is 5.78 Å². The van der Waals surface area contributed by atoms with Crippen molar-refractivity contribution in [2.24, 2.45) is 0 Å². The molecule has 0 aliphatic rings. The smallest absolute Gasteiger partial charge is 0.286 e. The Hall–Kier alpha value is -1.74. The van der Waals surface area contributed by atoms with Gasteiger partial charge in [0.25, 0.3) is 0 Å². The van der Waals surface area contributed by atoms with E-state index in [1.54, 1.807) is 19.1 Å². The Morgan fingerprint density at radius 3 is 2.26 bits per heavy atom. The van der Waals surface area contributed by atoms with E-state index in [1.807, 2.05) is 30.3 Å². The van der Waals surface area contributed by atoms with Gasteiger partial charge in [0, 0.05) is 5.56 Å². The molecule has 0 atom stereocenters. The first-order valence-corrected chi connectivity index (χ1v) is 6.05. The molecule has 98 valence electrons. The van der Waals surface area contributed by atoms with E-state index in [0.717, 1.165) is 11.1 Å². The lowest BCUT2D eigenvalue weighted by Crippen LogP contribution is -2.22. The van der Waals surface area contributed by atoms with Gasteiger partial charge < -0.3 is 0 Å². The normalized spacial score (nSPS) is 11.4. The van der Waals surface area contributed by atoms with Gasteiger partial charge in [-0.25, -0.2) is 0 Å². The van der Waals surface area contributed by atoms with Crippen molar-refractivity contribution in [1.29, 1.82) is 0 Å². The molecule has 19 heavy (non-hydrogen) atoms. The van der Waals surface area contributed by atoms with Crippen molar-refractivity contribution in [3.05, 3.63) is 59.7 Å². The van der Waals surface area contributed by atoms with Crippen molar-refractivity contribution in [2.45, 2.75) is 12.3 Å². The molecule has 0 radical (unpaired) electrons. The molecule has 0 amide bonds. The Bertz CT molecular complexity index is 603. The van der Waals surface area contributed by atoms with Crippen LogP contribution >= 0.6 is 11.6 Å². The van der Waals surface area contributed by atoms with E-state index in [4.69, 9.17) is 11.6 Å². The molecule has 0 saturated carbocycles. The third-order valence-electron chi connectivity index (χ3n) is 2.92. The Labute approximate surface area is 114 Å². The van der Waals surface area contributed by atoms with E-state index in [9.17, 15) is 13.6 Å². The van der Waals surface area contributed by atoms with E-state index in [-0.39, 0.29) is 5.56 Å². The molecule has 0 unspecified atom stereocenters. The molecule has 4 heteroatoms. The maximum Gasteiger partial charge on any atom is 0.384 e. The lowest BCUT2D eigenvalue weighted by Gasteiger charge is -2.13. The summed E-state index contributed by atoms with van der Waals surface area (Å²) in [6.07, 6.45) is 0. The maximum absolute atomic E-state index is 12.9. The van der Waals surface area contributed by atoms with Crippen LogP contribution in [0.5, 0.6) is 0 Å². The van der Waals surface area contributed by atoms with Gasteiger partial charge in [-0.05, 0) is 35.2 Å². The summed E-state index contributed by atoms with van der Waals surface area (Å²) in [7, 11) is 0. The minimum Gasteiger partial charge on any atom is -0.286 e. The SMILES string of the molecule is Cc1c(C(=O)C(F)(F)Cl)cccc1-c1ccccc1. The second-order valence-corrected chi connectivity index (χ2v) is 4.65. The fraction of sp³-hybridized carbons (Fsp3) is 0.133. The highest BCUT2D eigenvalue weighted by molar-refractivity contribution is 6.35. The summed E-state index contributed by atoms with van der Waals surface area (Å²) in [5.41, 5.74) is 2.06. The predicted molar refractivity (Wildman–Crippen MR) is 71.7 cm³/mol. The van der Waals surface area contributed by atoms with Crippen molar-refractivity contribution in [3.8, 4) is 11.1 Å². The van der Waals surface area contributed by atoms with E-state index in [0.29, 0.717) is 5.56 Å². The number of alkyl halides is 3.